The Morgan fingerprint density at radius 2 is 2.33 bits per heavy atom. The molecule has 2 atom stereocenters. The fraction of sp³-hybridized carbons (Fsp3) is 0.909. The second kappa shape index (κ2) is 4.74. The average Bonchev–Trinajstić information content (AvgIpc) is 2.76. The molecular formula is C11H21N3S. The molecule has 2 heterocycles. The molecule has 0 aliphatic carbocycles. The van der Waals surface area contributed by atoms with Crippen LogP contribution in [0.15, 0.2) is 4.99 Å². The van der Waals surface area contributed by atoms with Gasteiger partial charge in [0, 0.05) is 17.8 Å². The first-order chi connectivity index (χ1) is 7.15. The zero-order chi connectivity index (χ0) is 10.8. The van der Waals surface area contributed by atoms with Crippen molar-refractivity contribution in [2.45, 2.75) is 31.6 Å². The Balaban J connectivity index is 1.77. The van der Waals surface area contributed by atoms with Crippen molar-refractivity contribution in [3.63, 3.8) is 0 Å². The van der Waals surface area contributed by atoms with Crippen molar-refractivity contribution < 1.29 is 0 Å². The Kier molecular flexibility index (Phi) is 3.57. The van der Waals surface area contributed by atoms with Gasteiger partial charge >= 0.3 is 0 Å². The van der Waals surface area contributed by atoms with E-state index in [2.05, 4.69) is 36.1 Å². The van der Waals surface area contributed by atoms with Gasteiger partial charge in [0.05, 0.1) is 6.54 Å². The summed E-state index contributed by atoms with van der Waals surface area (Å²) in [6, 6.07) is 0.618. The number of likely N-dealkylation sites (tertiary alicyclic amines) is 1. The highest BCUT2D eigenvalue weighted by molar-refractivity contribution is 8.14. The van der Waals surface area contributed by atoms with Crippen LogP contribution in [0.3, 0.4) is 0 Å². The van der Waals surface area contributed by atoms with Crippen LogP contribution in [0.1, 0.15) is 20.3 Å². The molecule has 2 rings (SSSR count). The van der Waals surface area contributed by atoms with E-state index in [1.807, 2.05) is 11.8 Å². The molecule has 0 aromatic carbocycles. The Labute approximate surface area is 96.7 Å². The summed E-state index contributed by atoms with van der Waals surface area (Å²) in [5.74, 6) is 0.726. The predicted octanol–water partition coefficient (Wildman–Crippen LogP) is 1.41. The SMILES string of the molecule is CC(C)C1CN=C(NC2CCN(C)C2)S1. The van der Waals surface area contributed by atoms with E-state index >= 15 is 0 Å². The van der Waals surface area contributed by atoms with Crippen LogP contribution < -0.4 is 5.32 Å². The number of nitrogens with zero attached hydrogens (tertiary/aromatic N) is 2. The second-order valence-electron chi connectivity index (χ2n) is 4.94. The van der Waals surface area contributed by atoms with Crippen LogP contribution in [0.5, 0.6) is 0 Å². The topological polar surface area (TPSA) is 27.6 Å². The van der Waals surface area contributed by atoms with Gasteiger partial charge in [0.25, 0.3) is 0 Å². The molecule has 2 aliphatic heterocycles. The van der Waals surface area contributed by atoms with Gasteiger partial charge in [-0.05, 0) is 25.9 Å². The lowest BCUT2D eigenvalue weighted by atomic mass is 10.1. The zero-order valence-electron chi connectivity index (χ0n) is 9.86. The third-order valence-electron chi connectivity index (χ3n) is 3.14. The van der Waals surface area contributed by atoms with Gasteiger partial charge in [-0.15, -0.1) is 0 Å². The molecular weight excluding hydrogens is 206 g/mol. The number of hydrogen-bond acceptors (Lipinski definition) is 4. The molecule has 0 bridgehead atoms. The number of rotatable bonds is 2. The number of likely N-dealkylation sites (N-methyl/N-ethyl adjacent to an activating group) is 1. The van der Waals surface area contributed by atoms with Gasteiger partial charge in [-0.25, -0.2) is 0 Å². The summed E-state index contributed by atoms with van der Waals surface area (Å²) in [7, 11) is 2.18. The highest BCUT2D eigenvalue weighted by atomic mass is 32.2. The zero-order valence-corrected chi connectivity index (χ0v) is 10.7. The van der Waals surface area contributed by atoms with E-state index in [4.69, 9.17) is 0 Å². The summed E-state index contributed by atoms with van der Waals surface area (Å²) in [4.78, 5) is 6.95. The van der Waals surface area contributed by atoms with Crippen LogP contribution in [-0.2, 0) is 0 Å². The molecule has 0 aromatic rings. The number of thioether (sulfide) groups is 1. The molecule has 2 unspecified atom stereocenters. The molecule has 0 radical (unpaired) electrons. The summed E-state index contributed by atoms with van der Waals surface area (Å²) in [6.07, 6.45) is 1.25. The summed E-state index contributed by atoms with van der Waals surface area (Å²) in [5.41, 5.74) is 0. The lowest BCUT2D eigenvalue weighted by Gasteiger charge is -2.15. The first-order valence-electron chi connectivity index (χ1n) is 5.81. The number of hydrogen-bond donors (Lipinski definition) is 1. The molecule has 1 fully saturated rings. The lowest BCUT2D eigenvalue weighted by molar-refractivity contribution is 0.407. The van der Waals surface area contributed by atoms with Crippen molar-refractivity contribution in [2.24, 2.45) is 10.9 Å². The minimum atomic E-state index is 0.618. The Bertz CT molecular complexity index is 252. The minimum absolute atomic E-state index is 0.618. The molecule has 1 saturated heterocycles. The molecule has 86 valence electrons. The first kappa shape index (κ1) is 11.3. The highest BCUT2D eigenvalue weighted by Crippen LogP contribution is 2.26. The smallest absolute Gasteiger partial charge is 0.157 e. The molecule has 2 aliphatic rings. The van der Waals surface area contributed by atoms with E-state index < -0.39 is 0 Å². The maximum absolute atomic E-state index is 4.58. The Hall–Kier alpha value is -0.220. The van der Waals surface area contributed by atoms with Crippen molar-refractivity contribution in [1.82, 2.24) is 10.2 Å². The summed E-state index contributed by atoms with van der Waals surface area (Å²) >= 11 is 1.93. The van der Waals surface area contributed by atoms with Crippen molar-refractivity contribution in [2.75, 3.05) is 26.7 Å². The fourth-order valence-corrected chi connectivity index (χ4v) is 3.14. The molecule has 15 heavy (non-hydrogen) atoms. The Morgan fingerprint density at radius 3 is 2.87 bits per heavy atom. The monoisotopic (exact) mass is 227 g/mol. The molecule has 0 aromatic heterocycles. The Morgan fingerprint density at radius 1 is 1.53 bits per heavy atom. The predicted molar refractivity (Wildman–Crippen MR) is 67.6 cm³/mol. The van der Waals surface area contributed by atoms with E-state index in [-0.39, 0.29) is 0 Å². The molecule has 3 nitrogen and oxygen atoms in total. The third kappa shape index (κ3) is 2.88. The van der Waals surface area contributed by atoms with Crippen LogP contribution in [0.2, 0.25) is 0 Å². The largest absolute Gasteiger partial charge is 0.361 e. The van der Waals surface area contributed by atoms with Crippen molar-refractivity contribution >= 4 is 16.9 Å². The van der Waals surface area contributed by atoms with E-state index in [1.165, 1.54) is 18.1 Å². The van der Waals surface area contributed by atoms with Gasteiger partial charge in [-0.3, -0.25) is 4.99 Å². The summed E-state index contributed by atoms with van der Waals surface area (Å²) in [5, 5.41) is 5.43. The van der Waals surface area contributed by atoms with Crippen molar-refractivity contribution in [3.05, 3.63) is 0 Å². The lowest BCUT2D eigenvalue weighted by Crippen LogP contribution is -2.34. The van der Waals surface area contributed by atoms with Gasteiger partial charge < -0.3 is 10.2 Å². The van der Waals surface area contributed by atoms with Crippen LogP contribution in [0.4, 0.5) is 0 Å². The third-order valence-corrected chi connectivity index (χ3v) is 4.61. The maximum atomic E-state index is 4.58. The van der Waals surface area contributed by atoms with Crippen molar-refractivity contribution in [3.8, 4) is 0 Å². The quantitative estimate of drug-likeness (QED) is 0.773. The van der Waals surface area contributed by atoms with E-state index in [9.17, 15) is 0 Å². The first-order valence-corrected chi connectivity index (χ1v) is 6.69. The normalized spacial score (nSPS) is 32.4. The van der Waals surface area contributed by atoms with Gasteiger partial charge in [0.1, 0.15) is 0 Å². The van der Waals surface area contributed by atoms with E-state index in [0.717, 1.165) is 19.0 Å². The van der Waals surface area contributed by atoms with Crippen LogP contribution >= 0.6 is 11.8 Å². The highest BCUT2D eigenvalue weighted by Gasteiger charge is 2.26. The molecule has 1 N–H and O–H groups in total. The van der Waals surface area contributed by atoms with Gasteiger partial charge in [-0.2, -0.15) is 0 Å². The summed E-state index contributed by atoms with van der Waals surface area (Å²) < 4.78 is 0. The van der Waals surface area contributed by atoms with Gasteiger partial charge in [0.15, 0.2) is 5.17 Å². The standard InChI is InChI=1S/C11H21N3S/c1-8(2)10-6-12-11(15-10)13-9-4-5-14(3)7-9/h8-10H,4-7H2,1-3H3,(H,12,13). The van der Waals surface area contributed by atoms with Crippen molar-refractivity contribution in [1.29, 1.82) is 0 Å². The number of amidine groups is 1. The van der Waals surface area contributed by atoms with E-state index in [1.54, 1.807) is 0 Å². The molecule has 0 saturated carbocycles. The van der Waals surface area contributed by atoms with Gasteiger partial charge in [0.2, 0.25) is 0 Å². The average molecular weight is 227 g/mol. The minimum Gasteiger partial charge on any atom is -0.361 e. The second-order valence-corrected chi connectivity index (χ2v) is 6.17. The van der Waals surface area contributed by atoms with Crippen LogP contribution in [0.25, 0.3) is 0 Å². The fourth-order valence-electron chi connectivity index (χ4n) is 2.04. The molecule has 0 amide bonds. The van der Waals surface area contributed by atoms with Crippen LogP contribution in [0, 0.1) is 5.92 Å². The summed E-state index contributed by atoms with van der Waals surface area (Å²) in [6.45, 7) is 7.92. The number of nitrogens with one attached hydrogen (secondary N) is 1. The van der Waals surface area contributed by atoms with E-state index in [0.29, 0.717) is 11.3 Å². The van der Waals surface area contributed by atoms with Crippen LogP contribution in [-0.4, -0.2) is 48.0 Å². The van der Waals surface area contributed by atoms with Gasteiger partial charge in [-0.1, -0.05) is 25.6 Å². The maximum Gasteiger partial charge on any atom is 0.157 e. The molecule has 0 spiro atoms. The molecule has 4 heteroatoms. The number of aliphatic imine (C=N–C) groups is 1.